The zero-order valence-electron chi connectivity index (χ0n) is 14.5. The molecule has 0 heterocycles. The first-order valence-electron chi connectivity index (χ1n) is 8.11. The second-order valence-corrected chi connectivity index (χ2v) is 7.62. The zero-order chi connectivity index (χ0) is 18.4. The van der Waals surface area contributed by atoms with Gasteiger partial charge < -0.3 is 5.32 Å². The van der Waals surface area contributed by atoms with Gasteiger partial charge in [0.25, 0.3) is 5.91 Å². The molecule has 0 saturated heterocycles. The van der Waals surface area contributed by atoms with Crippen molar-refractivity contribution >= 4 is 23.5 Å². The first-order valence-corrected chi connectivity index (χ1v) is 8.99. The fraction of sp³-hybridized carbons (Fsp3) is 0.316. The van der Waals surface area contributed by atoms with Crippen molar-refractivity contribution < 1.29 is 13.6 Å². The second-order valence-electron chi connectivity index (χ2n) is 6.15. The van der Waals surface area contributed by atoms with Crippen LogP contribution in [0, 0.1) is 11.6 Å². The molecule has 2 aromatic carbocycles. The van der Waals surface area contributed by atoms with Crippen LogP contribution in [0.2, 0.25) is 0 Å². The number of amides is 1. The van der Waals surface area contributed by atoms with Crippen LogP contribution in [0.3, 0.4) is 0 Å². The number of hydrogen-bond acceptors (Lipinski definition) is 3. The minimum Gasteiger partial charge on any atom is -0.322 e. The summed E-state index contributed by atoms with van der Waals surface area (Å²) in [6.45, 7) is 7.22. The maximum Gasteiger partial charge on any atom is 0.255 e. The summed E-state index contributed by atoms with van der Waals surface area (Å²) in [5.74, 6) is -1.77. The maximum absolute atomic E-state index is 13.2. The van der Waals surface area contributed by atoms with Crippen LogP contribution in [0.4, 0.5) is 14.5 Å². The molecule has 0 radical (unpaired) electrons. The highest BCUT2D eigenvalue weighted by molar-refractivity contribution is 7.97. The van der Waals surface area contributed by atoms with E-state index in [2.05, 4.69) is 30.8 Å². The molecule has 0 aromatic heterocycles. The predicted octanol–water partition coefficient (Wildman–Crippen LogP) is 4.97. The number of halogens is 2. The molecule has 25 heavy (non-hydrogen) atoms. The highest BCUT2D eigenvalue weighted by Gasteiger charge is 2.11. The third-order valence-electron chi connectivity index (χ3n) is 3.57. The summed E-state index contributed by atoms with van der Waals surface area (Å²) in [4.78, 5) is 12.1. The average molecular weight is 364 g/mol. The van der Waals surface area contributed by atoms with Gasteiger partial charge in [-0.15, -0.1) is 0 Å². The molecule has 0 fully saturated rings. The van der Waals surface area contributed by atoms with Crippen molar-refractivity contribution in [3.8, 4) is 0 Å². The van der Waals surface area contributed by atoms with Crippen molar-refractivity contribution in [1.29, 1.82) is 0 Å². The number of carbonyl (C=O) groups is 1. The molecule has 0 spiro atoms. The van der Waals surface area contributed by atoms with Gasteiger partial charge in [0.05, 0.1) is 0 Å². The lowest BCUT2D eigenvalue weighted by molar-refractivity contribution is 0.102. The Kier molecular flexibility index (Phi) is 6.96. The molecule has 0 aliphatic carbocycles. The monoisotopic (exact) mass is 364 g/mol. The number of benzene rings is 2. The van der Waals surface area contributed by atoms with Gasteiger partial charge in [-0.2, -0.15) is 0 Å². The van der Waals surface area contributed by atoms with Gasteiger partial charge in [0.1, 0.15) is 11.6 Å². The Morgan fingerprint density at radius 3 is 2.20 bits per heavy atom. The van der Waals surface area contributed by atoms with Crippen LogP contribution in [0.1, 0.15) is 42.6 Å². The molecule has 6 heteroatoms. The van der Waals surface area contributed by atoms with E-state index in [1.165, 1.54) is 0 Å². The fourth-order valence-corrected chi connectivity index (χ4v) is 2.92. The van der Waals surface area contributed by atoms with E-state index >= 15 is 0 Å². The van der Waals surface area contributed by atoms with Crippen LogP contribution in [0.5, 0.6) is 0 Å². The van der Waals surface area contributed by atoms with Gasteiger partial charge in [-0.25, -0.2) is 8.78 Å². The van der Waals surface area contributed by atoms with Crippen molar-refractivity contribution in [3.05, 3.63) is 65.2 Å². The molecule has 0 bridgehead atoms. The van der Waals surface area contributed by atoms with Crippen molar-refractivity contribution in [3.63, 3.8) is 0 Å². The van der Waals surface area contributed by atoms with Crippen LogP contribution >= 0.6 is 11.9 Å². The van der Waals surface area contributed by atoms with E-state index in [9.17, 15) is 13.6 Å². The molecule has 3 nitrogen and oxygen atoms in total. The number of hydrogen-bond donors (Lipinski definition) is 2. The molecule has 2 rings (SSSR count). The van der Waals surface area contributed by atoms with Crippen LogP contribution in [0.15, 0.2) is 42.5 Å². The summed E-state index contributed by atoms with van der Waals surface area (Å²) in [6, 6.07) is 10.2. The molecule has 0 aliphatic rings. The van der Waals surface area contributed by atoms with E-state index in [-0.39, 0.29) is 5.56 Å². The maximum atomic E-state index is 13.2. The van der Waals surface area contributed by atoms with Gasteiger partial charge in [-0.3, -0.25) is 9.52 Å². The van der Waals surface area contributed by atoms with Gasteiger partial charge in [0.15, 0.2) is 0 Å². The largest absolute Gasteiger partial charge is 0.322 e. The third kappa shape index (κ3) is 6.14. The van der Waals surface area contributed by atoms with Gasteiger partial charge in [-0.1, -0.05) is 44.9 Å². The molecule has 0 saturated carbocycles. The summed E-state index contributed by atoms with van der Waals surface area (Å²) < 4.78 is 29.7. The first kappa shape index (κ1) is 19.4. The second kappa shape index (κ2) is 8.97. The Hall–Kier alpha value is -1.92. The molecule has 1 amide bonds. The minimum absolute atomic E-state index is 0.0511. The van der Waals surface area contributed by atoms with E-state index in [0.29, 0.717) is 16.9 Å². The van der Waals surface area contributed by atoms with E-state index in [0.717, 1.165) is 30.3 Å². The van der Waals surface area contributed by atoms with Crippen molar-refractivity contribution in [2.75, 3.05) is 11.9 Å². The minimum atomic E-state index is -0.777. The number of anilines is 1. The molecule has 0 aliphatic heterocycles. The lowest BCUT2D eigenvalue weighted by Crippen LogP contribution is -2.15. The van der Waals surface area contributed by atoms with Crippen molar-refractivity contribution in [2.24, 2.45) is 0 Å². The lowest BCUT2D eigenvalue weighted by Gasteiger charge is -2.14. The molecule has 134 valence electrons. The Labute approximate surface area is 151 Å². The number of rotatable bonds is 7. The summed E-state index contributed by atoms with van der Waals surface area (Å²) >= 11 is 1.70. The molecule has 2 N–H and O–H groups in total. The topological polar surface area (TPSA) is 41.1 Å². The quantitative estimate of drug-likeness (QED) is 0.682. The van der Waals surface area contributed by atoms with E-state index in [1.807, 2.05) is 12.1 Å². The van der Waals surface area contributed by atoms with Gasteiger partial charge >= 0.3 is 0 Å². The van der Waals surface area contributed by atoms with E-state index in [4.69, 9.17) is 0 Å². The average Bonchev–Trinajstić information content (AvgIpc) is 2.54. The Balaban J connectivity index is 1.96. The van der Waals surface area contributed by atoms with Gasteiger partial charge in [0.2, 0.25) is 0 Å². The number of carbonyl (C=O) groups excluding carboxylic acids is 1. The van der Waals surface area contributed by atoms with Crippen LogP contribution in [0.25, 0.3) is 0 Å². The van der Waals surface area contributed by atoms with Gasteiger partial charge in [-0.05, 0) is 35.7 Å². The molecule has 0 unspecified atom stereocenters. The zero-order valence-corrected chi connectivity index (χ0v) is 15.3. The molecule has 1 atom stereocenters. The Morgan fingerprint density at radius 1 is 1.04 bits per heavy atom. The van der Waals surface area contributed by atoms with Crippen molar-refractivity contribution in [1.82, 2.24) is 4.72 Å². The summed E-state index contributed by atoms with van der Waals surface area (Å²) in [7, 11) is 0. The van der Waals surface area contributed by atoms with E-state index in [1.54, 1.807) is 24.1 Å². The lowest BCUT2D eigenvalue weighted by atomic mass is 10.0. The van der Waals surface area contributed by atoms with Crippen molar-refractivity contribution in [2.45, 2.75) is 31.9 Å². The molecular weight excluding hydrogens is 342 g/mol. The Bertz CT molecular complexity index is 700. The highest BCUT2D eigenvalue weighted by Crippen LogP contribution is 2.19. The highest BCUT2D eigenvalue weighted by atomic mass is 32.2. The smallest absolute Gasteiger partial charge is 0.255 e. The van der Waals surface area contributed by atoms with Crippen LogP contribution < -0.4 is 10.0 Å². The van der Waals surface area contributed by atoms with Gasteiger partial charge in [0, 0.05) is 29.1 Å². The molecule has 2 aromatic rings. The predicted molar refractivity (Wildman–Crippen MR) is 99.9 cm³/mol. The fourth-order valence-electron chi connectivity index (χ4n) is 2.24. The SMILES string of the molecule is CC(C)SNC[C@H](C)c1ccc(NC(=O)c2cc(F)cc(F)c2)cc1. The standard InChI is InChI=1S/C19H22F2N2OS/c1-12(2)25-22-11-13(3)14-4-6-18(7-5-14)23-19(24)15-8-16(20)10-17(21)9-15/h4-10,12-13,22H,11H2,1-3H3,(H,23,24)/t13-/m0/s1. The van der Waals surface area contributed by atoms with Crippen LogP contribution in [-0.4, -0.2) is 17.7 Å². The number of nitrogens with one attached hydrogen (secondary N) is 2. The van der Waals surface area contributed by atoms with E-state index < -0.39 is 17.5 Å². The normalized spacial score (nSPS) is 12.2. The molecular formula is C19H22F2N2OS. The summed E-state index contributed by atoms with van der Waals surface area (Å²) in [5.41, 5.74) is 1.67. The first-order chi connectivity index (χ1) is 11.8. The van der Waals surface area contributed by atoms with Crippen LogP contribution in [-0.2, 0) is 0 Å². The summed E-state index contributed by atoms with van der Waals surface area (Å²) in [5, 5.41) is 3.17. The Morgan fingerprint density at radius 2 is 1.64 bits per heavy atom. The summed E-state index contributed by atoms with van der Waals surface area (Å²) in [6.07, 6.45) is 0. The third-order valence-corrected chi connectivity index (χ3v) is 4.38.